The SMILES string of the molecule is CC1(C)O[C@H]2CCNC[C@H]2O1. The highest BCUT2D eigenvalue weighted by molar-refractivity contribution is 4.86. The summed E-state index contributed by atoms with van der Waals surface area (Å²) in [5.41, 5.74) is 0. The van der Waals surface area contributed by atoms with E-state index in [2.05, 4.69) is 5.32 Å². The maximum Gasteiger partial charge on any atom is 0.163 e. The number of ether oxygens (including phenoxy) is 2. The minimum Gasteiger partial charge on any atom is -0.344 e. The van der Waals surface area contributed by atoms with Gasteiger partial charge in [-0.05, 0) is 26.8 Å². The number of piperidine rings is 1. The Morgan fingerprint density at radius 2 is 2.00 bits per heavy atom. The molecule has 0 aromatic carbocycles. The van der Waals surface area contributed by atoms with E-state index in [4.69, 9.17) is 9.47 Å². The van der Waals surface area contributed by atoms with Crippen molar-refractivity contribution in [3.63, 3.8) is 0 Å². The first kappa shape index (κ1) is 7.53. The van der Waals surface area contributed by atoms with E-state index >= 15 is 0 Å². The highest BCUT2D eigenvalue weighted by Gasteiger charge is 2.41. The number of rotatable bonds is 0. The maximum atomic E-state index is 5.69. The van der Waals surface area contributed by atoms with E-state index in [1.807, 2.05) is 13.8 Å². The predicted molar refractivity (Wildman–Crippen MR) is 41.3 cm³/mol. The van der Waals surface area contributed by atoms with Gasteiger partial charge in [-0.25, -0.2) is 0 Å². The molecule has 2 saturated heterocycles. The summed E-state index contributed by atoms with van der Waals surface area (Å²) in [7, 11) is 0. The molecule has 2 fully saturated rings. The second kappa shape index (κ2) is 2.44. The van der Waals surface area contributed by atoms with Crippen molar-refractivity contribution in [1.82, 2.24) is 5.32 Å². The third kappa shape index (κ3) is 1.41. The zero-order valence-corrected chi connectivity index (χ0v) is 7.09. The molecule has 0 unspecified atom stereocenters. The molecular weight excluding hydrogens is 142 g/mol. The molecule has 0 saturated carbocycles. The molecule has 64 valence electrons. The molecule has 0 amide bonds. The molecule has 3 heteroatoms. The number of hydrogen-bond donors (Lipinski definition) is 1. The summed E-state index contributed by atoms with van der Waals surface area (Å²) in [6, 6.07) is 0. The van der Waals surface area contributed by atoms with E-state index in [1.165, 1.54) is 0 Å². The molecule has 11 heavy (non-hydrogen) atoms. The average molecular weight is 157 g/mol. The van der Waals surface area contributed by atoms with Gasteiger partial charge in [0.25, 0.3) is 0 Å². The molecule has 2 rings (SSSR count). The molecule has 2 atom stereocenters. The third-order valence-corrected chi connectivity index (χ3v) is 2.24. The van der Waals surface area contributed by atoms with Crippen LogP contribution >= 0.6 is 0 Å². The van der Waals surface area contributed by atoms with Crippen molar-refractivity contribution in [2.75, 3.05) is 13.1 Å². The molecule has 0 aromatic rings. The van der Waals surface area contributed by atoms with E-state index in [9.17, 15) is 0 Å². The second-order valence-corrected chi connectivity index (χ2v) is 3.71. The van der Waals surface area contributed by atoms with Crippen molar-refractivity contribution in [3.05, 3.63) is 0 Å². The molecule has 0 aliphatic carbocycles. The van der Waals surface area contributed by atoms with Crippen LogP contribution in [0.1, 0.15) is 20.3 Å². The maximum absolute atomic E-state index is 5.69. The number of fused-ring (bicyclic) bond motifs is 1. The van der Waals surface area contributed by atoms with Crippen LogP contribution in [-0.2, 0) is 9.47 Å². The van der Waals surface area contributed by atoms with Gasteiger partial charge in [0.15, 0.2) is 5.79 Å². The zero-order valence-electron chi connectivity index (χ0n) is 7.09. The molecule has 1 N–H and O–H groups in total. The fourth-order valence-corrected chi connectivity index (χ4v) is 1.82. The summed E-state index contributed by atoms with van der Waals surface area (Å²) in [5, 5.41) is 3.29. The largest absolute Gasteiger partial charge is 0.344 e. The zero-order chi connectivity index (χ0) is 7.90. The molecule has 0 radical (unpaired) electrons. The lowest BCUT2D eigenvalue weighted by molar-refractivity contribution is -0.144. The average Bonchev–Trinajstić information content (AvgIpc) is 2.21. The summed E-state index contributed by atoms with van der Waals surface area (Å²) >= 11 is 0. The van der Waals surface area contributed by atoms with Gasteiger partial charge in [0.2, 0.25) is 0 Å². The first-order valence-electron chi connectivity index (χ1n) is 4.24. The van der Waals surface area contributed by atoms with Crippen LogP contribution < -0.4 is 5.32 Å². The Balaban J connectivity index is 2.03. The van der Waals surface area contributed by atoms with Crippen LogP contribution in [0.4, 0.5) is 0 Å². The number of hydrogen-bond acceptors (Lipinski definition) is 3. The normalized spacial score (nSPS) is 42.0. The highest BCUT2D eigenvalue weighted by atomic mass is 16.8. The van der Waals surface area contributed by atoms with E-state index in [-0.39, 0.29) is 11.9 Å². The van der Waals surface area contributed by atoms with Crippen LogP contribution in [0.15, 0.2) is 0 Å². The van der Waals surface area contributed by atoms with Crippen LogP contribution in [0, 0.1) is 0 Å². The first-order chi connectivity index (χ1) is 5.17. The summed E-state index contributed by atoms with van der Waals surface area (Å²) < 4.78 is 11.4. The topological polar surface area (TPSA) is 30.5 Å². The quantitative estimate of drug-likeness (QED) is 0.555. The van der Waals surface area contributed by atoms with Gasteiger partial charge in [-0.2, -0.15) is 0 Å². The van der Waals surface area contributed by atoms with Gasteiger partial charge in [0.1, 0.15) is 0 Å². The Hall–Kier alpha value is -0.120. The lowest BCUT2D eigenvalue weighted by Gasteiger charge is -2.22. The van der Waals surface area contributed by atoms with Gasteiger partial charge >= 0.3 is 0 Å². The Kier molecular flexibility index (Phi) is 1.67. The van der Waals surface area contributed by atoms with E-state index < -0.39 is 0 Å². The van der Waals surface area contributed by atoms with E-state index in [0.29, 0.717) is 6.10 Å². The molecule has 3 nitrogen and oxygen atoms in total. The lowest BCUT2D eigenvalue weighted by atomic mass is 10.1. The summed E-state index contributed by atoms with van der Waals surface area (Å²) in [5.74, 6) is -0.360. The molecule has 0 aromatic heterocycles. The summed E-state index contributed by atoms with van der Waals surface area (Å²) in [4.78, 5) is 0. The molecule has 2 aliphatic heterocycles. The fraction of sp³-hybridized carbons (Fsp3) is 1.00. The molecule has 2 aliphatic rings. The van der Waals surface area contributed by atoms with E-state index in [0.717, 1.165) is 19.5 Å². The molecular formula is C8H15NO2. The number of nitrogens with one attached hydrogen (secondary N) is 1. The molecule has 2 heterocycles. The van der Waals surface area contributed by atoms with Gasteiger partial charge in [0.05, 0.1) is 12.2 Å². The van der Waals surface area contributed by atoms with E-state index in [1.54, 1.807) is 0 Å². The van der Waals surface area contributed by atoms with Crippen molar-refractivity contribution in [2.24, 2.45) is 0 Å². The van der Waals surface area contributed by atoms with Crippen LogP contribution in [0.2, 0.25) is 0 Å². The minimum absolute atomic E-state index is 0.277. The predicted octanol–water partition coefficient (Wildman–Crippen LogP) is 0.500. The van der Waals surface area contributed by atoms with Gasteiger partial charge in [0, 0.05) is 6.54 Å². The van der Waals surface area contributed by atoms with Crippen molar-refractivity contribution < 1.29 is 9.47 Å². The van der Waals surface area contributed by atoms with Gasteiger partial charge in [-0.15, -0.1) is 0 Å². The highest BCUT2D eigenvalue weighted by Crippen LogP contribution is 2.30. The van der Waals surface area contributed by atoms with Crippen LogP contribution in [0.25, 0.3) is 0 Å². The van der Waals surface area contributed by atoms with Crippen LogP contribution in [0.3, 0.4) is 0 Å². The summed E-state index contributed by atoms with van der Waals surface area (Å²) in [6.07, 6.45) is 1.68. The molecule has 0 bridgehead atoms. The monoisotopic (exact) mass is 157 g/mol. The second-order valence-electron chi connectivity index (χ2n) is 3.71. The smallest absolute Gasteiger partial charge is 0.163 e. The van der Waals surface area contributed by atoms with Crippen molar-refractivity contribution in [1.29, 1.82) is 0 Å². The van der Waals surface area contributed by atoms with Gasteiger partial charge < -0.3 is 14.8 Å². The van der Waals surface area contributed by atoms with Gasteiger partial charge in [-0.3, -0.25) is 0 Å². The lowest BCUT2D eigenvalue weighted by Crippen LogP contribution is -2.41. The third-order valence-electron chi connectivity index (χ3n) is 2.24. The van der Waals surface area contributed by atoms with Crippen molar-refractivity contribution >= 4 is 0 Å². The first-order valence-corrected chi connectivity index (χ1v) is 4.24. The fourth-order valence-electron chi connectivity index (χ4n) is 1.82. The Labute approximate surface area is 67.1 Å². The van der Waals surface area contributed by atoms with Crippen LogP contribution in [0.5, 0.6) is 0 Å². The standard InChI is InChI=1S/C8H15NO2/c1-8(2)10-6-3-4-9-5-7(6)11-8/h6-7,9H,3-5H2,1-2H3/t6-,7+/m0/s1. The Bertz CT molecular complexity index is 142. The van der Waals surface area contributed by atoms with Crippen molar-refractivity contribution in [3.8, 4) is 0 Å². The minimum atomic E-state index is -0.360. The Morgan fingerprint density at radius 1 is 1.27 bits per heavy atom. The van der Waals surface area contributed by atoms with Crippen molar-refractivity contribution in [2.45, 2.75) is 38.3 Å². The molecule has 0 spiro atoms. The Morgan fingerprint density at radius 3 is 2.73 bits per heavy atom. The van der Waals surface area contributed by atoms with Gasteiger partial charge in [-0.1, -0.05) is 0 Å². The summed E-state index contributed by atoms with van der Waals surface area (Å²) in [6.45, 7) is 5.95. The van der Waals surface area contributed by atoms with Crippen LogP contribution in [-0.4, -0.2) is 31.1 Å².